The average molecular weight is 316 g/mol. The van der Waals surface area contributed by atoms with Gasteiger partial charge in [-0.2, -0.15) is 0 Å². The number of amides is 2. The van der Waals surface area contributed by atoms with E-state index in [-0.39, 0.29) is 6.03 Å². The van der Waals surface area contributed by atoms with Gasteiger partial charge in [-0.25, -0.2) is 4.79 Å². The summed E-state index contributed by atoms with van der Waals surface area (Å²) in [5.74, 6) is 1.30. The first-order chi connectivity index (χ1) is 11.2. The Hall–Kier alpha value is -1.55. The van der Waals surface area contributed by atoms with Crippen LogP contribution >= 0.6 is 0 Å². The molecule has 126 valence electrons. The minimum atomic E-state index is -0.0767. The zero-order valence-corrected chi connectivity index (χ0v) is 14.0. The molecule has 1 aliphatic heterocycles. The number of ether oxygens (including phenoxy) is 1. The van der Waals surface area contributed by atoms with Gasteiger partial charge in [-0.05, 0) is 55.6 Å². The molecule has 4 heteroatoms. The first kappa shape index (κ1) is 16.3. The average Bonchev–Trinajstić information content (AvgIpc) is 2.51. The van der Waals surface area contributed by atoms with Crippen molar-refractivity contribution in [2.24, 2.45) is 5.92 Å². The molecule has 1 heterocycles. The van der Waals surface area contributed by atoms with Crippen LogP contribution in [0.3, 0.4) is 0 Å². The molecule has 1 aliphatic carbocycles. The zero-order chi connectivity index (χ0) is 16.1. The molecule has 1 aromatic rings. The Morgan fingerprint density at radius 2 is 1.96 bits per heavy atom. The van der Waals surface area contributed by atoms with Crippen LogP contribution in [0.5, 0.6) is 0 Å². The molecule has 1 aromatic carbocycles. The third-order valence-electron chi connectivity index (χ3n) is 5.15. The van der Waals surface area contributed by atoms with Crippen molar-refractivity contribution in [1.82, 2.24) is 10.6 Å². The van der Waals surface area contributed by atoms with E-state index in [1.54, 1.807) is 0 Å². The van der Waals surface area contributed by atoms with Gasteiger partial charge in [0.15, 0.2) is 0 Å². The van der Waals surface area contributed by atoms with Crippen LogP contribution in [0.25, 0.3) is 0 Å². The normalized spacial score (nSPS) is 24.7. The lowest BCUT2D eigenvalue weighted by molar-refractivity contribution is 0.00346. The third kappa shape index (κ3) is 4.71. The second-order valence-electron chi connectivity index (χ2n) is 7.00. The number of rotatable bonds is 5. The summed E-state index contributed by atoms with van der Waals surface area (Å²) in [4.78, 5) is 11.9. The maximum absolute atomic E-state index is 11.9. The predicted molar refractivity (Wildman–Crippen MR) is 91.4 cm³/mol. The minimum absolute atomic E-state index is 0.0767. The van der Waals surface area contributed by atoms with Crippen LogP contribution in [0.1, 0.15) is 56.1 Å². The molecule has 4 nitrogen and oxygen atoms in total. The monoisotopic (exact) mass is 316 g/mol. The van der Waals surface area contributed by atoms with Gasteiger partial charge in [0.05, 0.1) is 6.10 Å². The van der Waals surface area contributed by atoms with Gasteiger partial charge in [0.2, 0.25) is 0 Å². The van der Waals surface area contributed by atoms with Crippen molar-refractivity contribution in [3.05, 3.63) is 35.4 Å². The third-order valence-corrected chi connectivity index (χ3v) is 5.15. The van der Waals surface area contributed by atoms with Crippen LogP contribution in [-0.2, 0) is 11.3 Å². The van der Waals surface area contributed by atoms with Crippen molar-refractivity contribution in [1.29, 1.82) is 0 Å². The highest BCUT2D eigenvalue weighted by Crippen LogP contribution is 2.36. The van der Waals surface area contributed by atoms with Gasteiger partial charge in [-0.1, -0.05) is 30.7 Å². The first-order valence-corrected chi connectivity index (χ1v) is 8.93. The van der Waals surface area contributed by atoms with E-state index in [2.05, 4.69) is 41.8 Å². The Labute approximate surface area is 139 Å². The van der Waals surface area contributed by atoms with E-state index in [0.29, 0.717) is 18.6 Å². The van der Waals surface area contributed by atoms with Crippen LogP contribution in [0.15, 0.2) is 24.3 Å². The Kier molecular flexibility index (Phi) is 5.55. The molecule has 2 amide bonds. The SMILES string of the molecule is CC1CC(CNC(=O)NCc2ccc(C3CCC3)cc2)CCO1. The Morgan fingerprint density at radius 1 is 1.17 bits per heavy atom. The summed E-state index contributed by atoms with van der Waals surface area (Å²) in [6, 6.07) is 8.61. The standard InChI is InChI=1S/C19H28N2O2/c1-14-11-16(9-10-23-14)13-21-19(22)20-12-15-5-7-18(8-6-15)17-3-2-4-17/h5-8,14,16-17H,2-4,9-13H2,1H3,(H2,20,21,22). The van der Waals surface area contributed by atoms with E-state index in [0.717, 1.165) is 37.5 Å². The Morgan fingerprint density at radius 3 is 2.61 bits per heavy atom. The van der Waals surface area contributed by atoms with Crippen LogP contribution < -0.4 is 10.6 Å². The molecule has 23 heavy (non-hydrogen) atoms. The van der Waals surface area contributed by atoms with Crippen molar-refractivity contribution in [2.45, 2.75) is 57.6 Å². The fourth-order valence-electron chi connectivity index (χ4n) is 3.41. The van der Waals surface area contributed by atoms with E-state index in [4.69, 9.17) is 4.74 Å². The van der Waals surface area contributed by atoms with E-state index in [1.165, 1.54) is 24.8 Å². The molecule has 3 rings (SSSR count). The zero-order valence-electron chi connectivity index (χ0n) is 14.0. The van der Waals surface area contributed by atoms with Crippen LogP contribution in [0.4, 0.5) is 4.79 Å². The lowest BCUT2D eigenvalue weighted by Crippen LogP contribution is -2.39. The summed E-state index contributed by atoms with van der Waals surface area (Å²) in [5.41, 5.74) is 2.60. The number of urea groups is 1. The van der Waals surface area contributed by atoms with Crippen LogP contribution in [0, 0.1) is 5.92 Å². The molecule has 0 radical (unpaired) electrons. The first-order valence-electron chi connectivity index (χ1n) is 8.93. The van der Waals surface area contributed by atoms with Gasteiger partial charge in [0.25, 0.3) is 0 Å². The topological polar surface area (TPSA) is 50.4 Å². The highest BCUT2D eigenvalue weighted by atomic mass is 16.5. The van der Waals surface area contributed by atoms with Gasteiger partial charge in [-0.3, -0.25) is 0 Å². The van der Waals surface area contributed by atoms with Gasteiger partial charge in [-0.15, -0.1) is 0 Å². The van der Waals surface area contributed by atoms with Crippen LogP contribution in [0.2, 0.25) is 0 Å². The van der Waals surface area contributed by atoms with E-state index >= 15 is 0 Å². The number of hydrogen-bond donors (Lipinski definition) is 2. The summed E-state index contributed by atoms with van der Waals surface area (Å²) in [5, 5.41) is 5.93. The molecule has 2 aliphatic rings. The largest absolute Gasteiger partial charge is 0.378 e. The number of benzene rings is 1. The van der Waals surface area contributed by atoms with Crippen LogP contribution in [-0.4, -0.2) is 25.3 Å². The van der Waals surface area contributed by atoms with E-state index in [1.807, 2.05) is 0 Å². The van der Waals surface area contributed by atoms with E-state index < -0.39 is 0 Å². The van der Waals surface area contributed by atoms with Gasteiger partial charge >= 0.3 is 6.03 Å². The maximum atomic E-state index is 11.9. The number of carbonyl (C=O) groups is 1. The number of nitrogens with one attached hydrogen (secondary N) is 2. The molecule has 0 spiro atoms. The summed E-state index contributed by atoms with van der Waals surface area (Å²) in [6.07, 6.45) is 6.39. The summed E-state index contributed by atoms with van der Waals surface area (Å²) < 4.78 is 5.53. The highest BCUT2D eigenvalue weighted by Gasteiger charge is 2.20. The van der Waals surface area contributed by atoms with Crippen molar-refractivity contribution in [3.8, 4) is 0 Å². The molecule has 1 saturated carbocycles. The smallest absolute Gasteiger partial charge is 0.315 e. The number of hydrogen-bond acceptors (Lipinski definition) is 2. The molecule has 2 unspecified atom stereocenters. The molecule has 0 aromatic heterocycles. The second kappa shape index (κ2) is 7.82. The fourth-order valence-corrected chi connectivity index (χ4v) is 3.41. The highest BCUT2D eigenvalue weighted by molar-refractivity contribution is 5.73. The van der Waals surface area contributed by atoms with Crippen molar-refractivity contribution in [3.63, 3.8) is 0 Å². The molecule has 1 saturated heterocycles. The molecular weight excluding hydrogens is 288 g/mol. The minimum Gasteiger partial charge on any atom is -0.378 e. The van der Waals surface area contributed by atoms with Crippen molar-refractivity contribution < 1.29 is 9.53 Å². The molecular formula is C19H28N2O2. The van der Waals surface area contributed by atoms with E-state index in [9.17, 15) is 4.79 Å². The quantitative estimate of drug-likeness (QED) is 0.872. The molecule has 2 atom stereocenters. The predicted octanol–water partition coefficient (Wildman–Crippen LogP) is 3.57. The Balaban J connectivity index is 1.36. The summed E-state index contributed by atoms with van der Waals surface area (Å²) in [7, 11) is 0. The second-order valence-corrected chi connectivity index (χ2v) is 7.00. The summed E-state index contributed by atoms with van der Waals surface area (Å²) >= 11 is 0. The van der Waals surface area contributed by atoms with Crippen molar-refractivity contribution in [2.75, 3.05) is 13.2 Å². The van der Waals surface area contributed by atoms with Crippen molar-refractivity contribution >= 4 is 6.03 Å². The van der Waals surface area contributed by atoms with Gasteiger partial charge in [0.1, 0.15) is 0 Å². The lowest BCUT2D eigenvalue weighted by Gasteiger charge is -2.27. The fraction of sp³-hybridized carbons (Fsp3) is 0.632. The van der Waals surface area contributed by atoms with Gasteiger partial charge in [0, 0.05) is 19.7 Å². The summed E-state index contributed by atoms with van der Waals surface area (Å²) in [6.45, 7) is 4.23. The Bertz CT molecular complexity index is 511. The van der Waals surface area contributed by atoms with Gasteiger partial charge < -0.3 is 15.4 Å². The molecule has 2 fully saturated rings. The molecule has 2 N–H and O–H groups in total. The lowest BCUT2D eigenvalue weighted by atomic mass is 9.80. The maximum Gasteiger partial charge on any atom is 0.315 e. The number of carbonyl (C=O) groups excluding carboxylic acids is 1. The molecule has 0 bridgehead atoms.